The van der Waals surface area contributed by atoms with E-state index in [2.05, 4.69) is 34.9 Å². The molecule has 0 spiro atoms. The molecule has 106 valence electrons. The Kier molecular flexibility index (Phi) is 5.31. The fourth-order valence-corrected chi connectivity index (χ4v) is 2.99. The van der Waals surface area contributed by atoms with Crippen molar-refractivity contribution in [1.29, 1.82) is 0 Å². The number of rotatable bonds is 5. The maximum atomic E-state index is 5.96. The quantitative estimate of drug-likeness (QED) is 0.870. The molecule has 2 rings (SSSR count). The van der Waals surface area contributed by atoms with E-state index in [1.165, 1.54) is 19.4 Å². The van der Waals surface area contributed by atoms with E-state index < -0.39 is 0 Å². The summed E-state index contributed by atoms with van der Waals surface area (Å²) < 4.78 is 0. The van der Waals surface area contributed by atoms with E-state index in [-0.39, 0.29) is 6.04 Å². The van der Waals surface area contributed by atoms with E-state index in [1.54, 1.807) is 0 Å². The van der Waals surface area contributed by atoms with Crippen LogP contribution in [0.25, 0.3) is 0 Å². The second-order valence-electron chi connectivity index (χ2n) is 5.75. The molecule has 1 saturated heterocycles. The van der Waals surface area contributed by atoms with Crippen LogP contribution in [0.5, 0.6) is 0 Å². The molecule has 19 heavy (non-hydrogen) atoms. The maximum Gasteiger partial charge on any atom is 0.0644 e. The van der Waals surface area contributed by atoms with Crippen LogP contribution in [0.2, 0.25) is 0 Å². The molecule has 0 bridgehead atoms. The fourth-order valence-electron chi connectivity index (χ4n) is 2.99. The van der Waals surface area contributed by atoms with Crippen LogP contribution < -0.4 is 5.73 Å². The van der Waals surface area contributed by atoms with Gasteiger partial charge in [-0.15, -0.1) is 0 Å². The minimum Gasteiger partial charge on any atom is -0.329 e. The van der Waals surface area contributed by atoms with Gasteiger partial charge in [0.15, 0.2) is 0 Å². The Morgan fingerprint density at radius 3 is 2.63 bits per heavy atom. The Hall–Kier alpha value is -0.970. The topological polar surface area (TPSA) is 45.4 Å². The average Bonchev–Trinajstić information content (AvgIpc) is 2.42. The van der Waals surface area contributed by atoms with Crippen LogP contribution in [0, 0.1) is 5.92 Å². The summed E-state index contributed by atoms with van der Waals surface area (Å²) in [4.78, 5) is 9.25. The third kappa shape index (κ3) is 4.00. The van der Waals surface area contributed by atoms with Crippen molar-refractivity contribution in [2.75, 3.05) is 40.3 Å². The first kappa shape index (κ1) is 14.4. The van der Waals surface area contributed by atoms with Crippen LogP contribution in [-0.2, 0) is 0 Å². The maximum absolute atomic E-state index is 5.96. The van der Waals surface area contributed by atoms with Crippen LogP contribution in [0.4, 0.5) is 0 Å². The smallest absolute Gasteiger partial charge is 0.0644 e. The van der Waals surface area contributed by atoms with E-state index >= 15 is 0 Å². The molecule has 4 nitrogen and oxygen atoms in total. The molecular weight excluding hydrogens is 236 g/mol. The average molecular weight is 262 g/mol. The van der Waals surface area contributed by atoms with E-state index in [1.807, 2.05) is 18.3 Å². The van der Waals surface area contributed by atoms with Gasteiger partial charge < -0.3 is 10.6 Å². The van der Waals surface area contributed by atoms with Gasteiger partial charge in [-0.25, -0.2) is 0 Å². The molecule has 0 saturated carbocycles. The van der Waals surface area contributed by atoms with Gasteiger partial charge in [-0.05, 0) is 58.1 Å². The highest BCUT2D eigenvalue weighted by Crippen LogP contribution is 2.25. The second-order valence-corrected chi connectivity index (χ2v) is 5.75. The van der Waals surface area contributed by atoms with Crippen molar-refractivity contribution in [2.24, 2.45) is 11.7 Å². The Morgan fingerprint density at radius 2 is 2.11 bits per heavy atom. The highest BCUT2D eigenvalue weighted by atomic mass is 15.2. The van der Waals surface area contributed by atoms with Gasteiger partial charge in [0.2, 0.25) is 0 Å². The minimum absolute atomic E-state index is 0.279. The zero-order chi connectivity index (χ0) is 13.7. The summed E-state index contributed by atoms with van der Waals surface area (Å²) in [6, 6.07) is 6.37. The predicted octanol–water partition coefficient (Wildman–Crippen LogP) is 1.35. The van der Waals surface area contributed by atoms with Crippen molar-refractivity contribution < 1.29 is 0 Å². The number of likely N-dealkylation sites (tertiary alicyclic amines) is 1. The van der Waals surface area contributed by atoms with Gasteiger partial charge in [0, 0.05) is 19.3 Å². The van der Waals surface area contributed by atoms with Crippen molar-refractivity contribution in [2.45, 2.75) is 18.9 Å². The normalized spacial score (nSPS) is 19.8. The molecule has 2 N–H and O–H groups in total. The van der Waals surface area contributed by atoms with Crippen LogP contribution in [0.3, 0.4) is 0 Å². The number of piperidine rings is 1. The fraction of sp³-hybridized carbons (Fsp3) is 0.667. The zero-order valence-corrected chi connectivity index (χ0v) is 12.1. The Labute approximate surface area is 116 Å². The molecule has 1 aromatic rings. The first-order valence-electron chi connectivity index (χ1n) is 7.20. The third-order valence-corrected chi connectivity index (χ3v) is 3.97. The molecule has 0 aliphatic carbocycles. The van der Waals surface area contributed by atoms with Gasteiger partial charge in [-0.3, -0.25) is 9.88 Å². The number of nitrogens with zero attached hydrogens (tertiary/aromatic N) is 3. The second kappa shape index (κ2) is 6.98. The van der Waals surface area contributed by atoms with Crippen LogP contribution in [0.1, 0.15) is 24.6 Å². The predicted molar refractivity (Wildman–Crippen MR) is 78.9 cm³/mol. The van der Waals surface area contributed by atoms with Gasteiger partial charge >= 0.3 is 0 Å². The van der Waals surface area contributed by atoms with Crippen molar-refractivity contribution in [1.82, 2.24) is 14.8 Å². The number of aromatic nitrogens is 1. The molecule has 0 aromatic carbocycles. The van der Waals surface area contributed by atoms with Crippen LogP contribution in [0.15, 0.2) is 24.4 Å². The SMILES string of the molecule is CN(C)CC1CCN(C(CN)c2ccccn2)CC1. The van der Waals surface area contributed by atoms with E-state index in [0.717, 1.165) is 24.7 Å². The molecule has 1 aliphatic heterocycles. The lowest BCUT2D eigenvalue weighted by molar-refractivity contribution is 0.120. The van der Waals surface area contributed by atoms with Crippen molar-refractivity contribution in [3.05, 3.63) is 30.1 Å². The van der Waals surface area contributed by atoms with Crippen molar-refractivity contribution in [3.8, 4) is 0 Å². The van der Waals surface area contributed by atoms with Crippen LogP contribution >= 0.6 is 0 Å². The third-order valence-electron chi connectivity index (χ3n) is 3.97. The van der Waals surface area contributed by atoms with E-state index in [4.69, 9.17) is 5.73 Å². The summed E-state index contributed by atoms with van der Waals surface area (Å²) in [5.41, 5.74) is 7.07. The summed E-state index contributed by atoms with van der Waals surface area (Å²) >= 11 is 0. The first-order valence-corrected chi connectivity index (χ1v) is 7.20. The Morgan fingerprint density at radius 1 is 1.37 bits per heavy atom. The Balaban J connectivity index is 1.92. The standard InChI is InChI=1S/C15H26N4/c1-18(2)12-13-6-9-19(10-7-13)15(11-16)14-5-3-4-8-17-14/h3-5,8,13,15H,6-7,9-12,16H2,1-2H3. The largest absolute Gasteiger partial charge is 0.329 e. The highest BCUT2D eigenvalue weighted by Gasteiger charge is 2.26. The molecule has 0 radical (unpaired) electrons. The van der Waals surface area contributed by atoms with E-state index in [9.17, 15) is 0 Å². The van der Waals surface area contributed by atoms with Gasteiger partial charge in [0.1, 0.15) is 0 Å². The summed E-state index contributed by atoms with van der Waals surface area (Å²) in [6.45, 7) is 4.12. The molecular formula is C15H26N4. The lowest BCUT2D eigenvalue weighted by atomic mass is 9.94. The molecule has 1 aromatic heterocycles. The number of hydrogen-bond acceptors (Lipinski definition) is 4. The monoisotopic (exact) mass is 262 g/mol. The molecule has 4 heteroatoms. The number of pyridine rings is 1. The van der Waals surface area contributed by atoms with Gasteiger partial charge in [0.05, 0.1) is 11.7 Å². The molecule has 2 heterocycles. The lowest BCUT2D eigenvalue weighted by Gasteiger charge is -2.37. The lowest BCUT2D eigenvalue weighted by Crippen LogP contribution is -2.41. The first-order chi connectivity index (χ1) is 9.20. The molecule has 1 aliphatic rings. The highest BCUT2D eigenvalue weighted by molar-refractivity contribution is 5.09. The van der Waals surface area contributed by atoms with Gasteiger partial charge in [-0.1, -0.05) is 6.07 Å². The Bertz CT molecular complexity index is 358. The van der Waals surface area contributed by atoms with Crippen LogP contribution in [-0.4, -0.2) is 55.1 Å². The molecule has 1 unspecified atom stereocenters. The van der Waals surface area contributed by atoms with Gasteiger partial charge in [0.25, 0.3) is 0 Å². The number of hydrogen-bond donors (Lipinski definition) is 1. The summed E-state index contributed by atoms with van der Waals surface area (Å²) in [5, 5.41) is 0. The summed E-state index contributed by atoms with van der Waals surface area (Å²) in [5.74, 6) is 0.827. The van der Waals surface area contributed by atoms with Gasteiger partial charge in [-0.2, -0.15) is 0 Å². The molecule has 1 fully saturated rings. The molecule has 1 atom stereocenters. The number of nitrogens with two attached hydrogens (primary N) is 1. The zero-order valence-electron chi connectivity index (χ0n) is 12.1. The van der Waals surface area contributed by atoms with Crippen molar-refractivity contribution >= 4 is 0 Å². The van der Waals surface area contributed by atoms with E-state index in [0.29, 0.717) is 6.54 Å². The van der Waals surface area contributed by atoms with Crippen molar-refractivity contribution in [3.63, 3.8) is 0 Å². The summed E-state index contributed by atoms with van der Waals surface area (Å²) in [7, 11) is 4.31. The molecule has 0 amide bonds. The minimum atomic E-state index is 0.279. The summed E-state index contributed by atoms with van der Waals surface area (Å²) in [6.07, 6.45) is 4.39.